The number of nitrogens with one attached hydrogen (secondary N) is 1. The van der Waals surface area contributed by atoms with Gasteiger partial charge in [0.15, 0.2) is 5.78 Å². The lowest BCUT2D eigenvalue weighted by Gasteiger charge is -2.09. The molecule has 0 aliphatic rings. The molecule has 0 atom stereocenters. The number of benzene rings is 2. The molecule has 0 saturated heterocycles. The summed E-state index contributed by atoms with van der Waals surface area (Å²) < 4.78 is 0. The van der Waals surface area contributed by atoms with Crippen LogP contribution in [0.5, 0.6) is 0 Å². The predicted molar refractivity (Wildman–Crippen MR) is 103 cm³/mol. The van der Waals surface area contributed by atoms with E-state index < -0.39 is 5.91 Å². The lowest BCUT2D eigenvalue weighted by atomic mass is 10.00. The molecular weight excluding hydrogens is 348 g/mol. The fourth-order valence-corrected chi connectivity index (χ4v) is 2.55. The summed E-state index contributed by atoms with van der Waals surface area (Å²) in [6.45, 7) is 0. The van der Waals surface area contributed by atoms with Crippen molar-refractivity contribution in [2.24, 2.45) is 0 Å². The number of aromatic nitrogens is 1. The first-order chi connectivity index (χ1) is 12.6. The zero-order valence-electron chi connectivity index (χ0n) is 13.7. The van der Waals surface area contributed by atoms with Gasteiger partial charge in [0, 0.05) is 16.8 Å². The standard InChI is InChI=1S/C21H15ClN2O2/c22-19-11-5-4-9-16(19)13-18(20(25)15-7-2-1-3-8-15)21(26)24-17-10-6-12-23-14-17/h1-14H,(H,24,26)/b18-13-. The molecule has 3 rings (SSSR count). The summed E-state index contributed by atoms with van der Waals surface area (Å²) in [6.07, 6.45) is 4.62. The third-order valence-corrected chi connectivity index (χ3v) is 3.99. The van der Waals surface area contributed by atoms with Crippen LogP contribution in [0.1, 0.15) is 15.9 Å². The van der Waals surface area contributed by atoms with Gasteiger partial charge < -0.3 is 5.32 Å². The summed E-state index contributed by atoms with van der Waals surface area (Å²) in [6, 6.07) is 19.1. The molecule has 4 nitrogen and oxygen atoms in total. The summed E-state index contributed by atoms with van der Waals surface area (Å²) in [5, 5.41) is 3.16. The molecule has 0 aliphatic carbocycles. The number of anilines is 1. The number of nitrogens with zero attached hydrogens (tertiary/aromatic N) is 1. The Kier molecular flexibility index (Phi) is 5.56. The topological polar surface area (TPSA) is 59.1 Å². The first-order valence-electron chi connectivity index (χ1n) is 7.92. The number of Topliss-reactive ketones (excluding diaryl/α,β-unsaturated/α-hetero) is 1. The van der Waals surface area contributed by atoms with E-state index in [1.54, 1.807) is 66.9 Å². The van der Waals surface area contributed by atoms with Crippen molar-refractivity contribution in [3.8, 4) is 0 Å². The van der Waals surface area contributed by atoms with Gasteiger partial charge in [0.2, 0.25) is 0 Å². The molecule has 0 aliphatic heterocycles. The largest absolute Gasteiger partial charge is 0.320 e. The lowest BCUT2D eigenvalue weighted by Crippen LogP contribution is -2.20. The van der Waals surface area contributed by atoms with Crippen molar-refractivity contribution in [3.05, 3.63) is 101 Å². The van der Waals surface area contributed by atoms with Gasteiger partial charge in [-0.2, -0.15) is 0 Å². The van der Waals surface area contributed by atoms with E-state index in [4.69, 9.17) is 11.6 Å². The average Bonchev–Trinajstić information content (AvgIpc) is 2.68. The molecule has 2 aromatic carbocycles. The Bertz CT molecular complexity index is 954. The van der Waals surface area contributed by atoms with Crippen LogP contribution in [0.2, 0.25) is 5.02 Å². The van der Waals surface area contributed by atoms with Gasteiger partial charge >= 0.3 is 0 Å². The first kappa shape index (κ1) is 17.6. The molecule has 0 bridgehead atoms. The van der Waals surface area contributed by atoms with Crippen LogP contribution in [0, 0.1) is 0 Å². The highest BCUT2D eigenvalue weighted by molar-refractivity contribution is 6.34. The second-order valence-electron chi connectivity index (χ2n) is 5.47. The molecule has 5 heteroatoms. The number of hydrogen-bond donors (Lipinski definition) is 1. The van der Waals surface area contributed by atoms with Crippen molar-refractivity contribution < 1.29 is 9.59 Å². The minimum Gasteiger partial charge on any atom is -0.320 e. The molecule has 128 valence electrons. The van der Waals surface area contributed by atoms with Gasteiger partial charge in [-0.15, -0.1) is 0 Å². The summed E-state index contributed by atoms with van der Waals surface area (Å²) in [5.74, 6) is -0.904. The van der Waals surface area contributed by atoms with Gasteiger partial charge in [0.05, 0.1) is 17.5 Å². The van der Waals surface area contributed by atoms with E-state index in [9.17, 15) is 9.59 Å². The molecule has 1 aromatic heterocycles. The van der Waals surface area contributed by atoms with Gasteiger partial charge in [-0.1, -0.05) is 60.1 Å². The summed E-state index contributed by atoms with van der Waals surface area (Å²) in [4.78, 5) is 29.6. The molecule has 1 N–H and O–H groups in total. The molecule has 1 heterocycles. The Hall–Kier alpha value is -3.24. The van der Waals surface area contributed by atoms with Crippen LogP contribution < -0.4 is 5.32 Å². The number of carbonyl (C=O) groups excluding carboxylic acids is 2. The Morgan fingerprint density at radius 1 is 0.923 bits per heavy atom. The Labute approximate surface area is 156 Å². The van der Waals surface area contributed by atoms with E-state index >= 15 is 0 Å². The minimum absolute atomic E-state index is 0.00634. The smallest absolute Gasteiger partial charge is 0.259 e. The average molecular weight is 363 g/mol. The van der Waals surface area contributed by atoms with Crippen LogP contribution in [0.3, 0.4) is 0 Å². The third kappa shape index (κ3) is 4.23. The Morgan fingerprint density at radius 2 is 1.65 bits per heavy atom. The number of ketones is 1. The summed E-state index contributed by atoms with van der Waals surface area (Å²) in [7, 11) is 0. The van der Waals surface area contributed by atoms with Crippen LogP contribution in [0.25, 0.3) is 6.08 Å². The third-order valence-electron chi connectivity index (χ3n) is 3.65. The molecule has 26 heavy (non-hydrogen) atoms. The van der Waals surface area contributed by atoms with Gasteiger partial charge in [-0.25, -0.2) is 0 Å². The van der Waals surface area contributed by atoms with E-state index in [1.807, 2.05) is 6.07 Å². The van der Waals surface area contributed by atoms with E-state index in [0.29, 0.717) is 21.8 Å². The highest BCUT2D eigenvalue weighted by atomic mass is 35.5. The molecule has 3 aromatic rings. The quantitative estimate of drug-likeness (QED) is 0.311. The Morgan fingerprint density at radius 3 is 2.35 bits per heavy atom. The minimum atomic E-state index is -0.522. The molecule has 0 radical (unpaired) electrons. The second-order valence-corrected chi connectivity index (χ2v) is 5.88. The van der Waals surface area contributed by atoms with Crippen LogP contribution in [0.15, 0.2) is 84.7 Å². The maximum Gasteiger partial charge on any atom is 0.259 e. The fourth-order valence-electron chi connectivity index (χ4n) is 2.36. The molecule has 0 fully saturated rings. The monoisotopic (exact) mass is 362 g/mol. The second kappa shape index (κ2) is 8.23. The number of halogens is 1. The highest BCUT2D eigenvalue weighted by Gasteiger charge is 2.20. The normalized spacial score (nSPS) is 11.0. The maximum absolute atomic E-state index is 12.9. The number of hydrogen-bond acceptors (Lipinski definition) is 3. The molecule has 0 spiro atoms. The fraction of sp³-hybridized carbons (Fsp3) is 0. The first-order valence-corrected chi connectivity index (χ1v) is 8.30. The number of rotatable bonds is 5. The Balaban J connectivity index is 2.00. The highest BCUT2D eigenvalue weighted by Crippen LogP contribution is 2.21. The van der Waals surface area contributed by atoms with Crippen molar-refractivity contribution in [1.82, 2.24) is 4.98 Å². The van der Waals surface area contributed by atoms with Crippen LogP contribution in [0.4, 0.5) is 5.69 Å². The zero-order valence-corrected chi connectivity index (χ0v) is 14.5. The van der Waals surface area contributed by atoms with Gasteiger partial charge in [0.1, 0.15) is 0 Å². The van der Waals surface area contributed by atoms with E-state index in [-0.39, 0.29) is 11.4 Å². The van der Waals surface area contributed by atoms with E-state index in [1.165, 1.54) is 12.3 Å². The molecule has 0 saturated carbocycles. The molecule has 1 amide bonds. The van der Waals surface area contributed by atoms with Crippen molar-refractivity contribution in [2.75, 3.05) is 5.32 Å². The number of amides is 1. The van der Waals surface area contributed by atoms with Gasteiger partial charge in [-0.05, 0) is 29.8 Å². The maximum atomic E-state index is 12.9. The van der Waals surface area contributed by atoms with Crippen LogP contribution >= 0.6 is 11.6 Å². The molecule has 0 unspecified atom stereocenters. The van der Waals surface area contributed by atoms with Crippen molar-refractivity contribution in [2.45, 2.75) is 0 Å². The molecular formula is C21H15ClN2O2. The van der Waals surface area contributed by atoms with Gasteiger partial charge in [-0.3, -0.25) is 14.6 Å². The SMILES string of the molecule is O=C(Nc1cccnc1)/C(=C\c1ccccc1Cl)C(=O)c1ccccc1. The summed E-state index contributed by atoms with van der Waals surface area (Å²) in [5.41, 5.74) is 1.51. The number of pyridine rings is 1. The number of carbonyl (C=O) groups is 2. The lowest BCUT2D eigenvalue weighted by molar-refractivity contribution is -0.112. The zero-order chi connectivity index (χ0) is 18.4. The van der Waals surface area contributed by atoms with Crippen LogP contribution in [-0.4, -0.2) is 16.7 Å². The van der Waals surface area contributed by atoms with E-state index in [2.05, 4.69) is 10.3 Å². The van der Waals surface area contributed by atoms with Crippen molar-refractivity contribution >= 4 is 35.1 Å². The predicted octanol–water partition coefficient (Wildman–Crippen LogP) is 4.64. The van der Waals surface area contributed by atoms with E-state index in [0.717, 1.165) is 0 Å². The van der Waals surface area contributed by atoms with Crippen molar-refractivity contribution in [1.29, 1.82) is 0 Å². The van der Waals surface area contributed by atoms with Crippen LogP contribution in [-0.2, 0) is 4.79 Å². The van der Waals surface area contributed by atoms with Gasteiger partial charge in [0.25, 0.3) is 5.91 Å². The van der Waals surface area contributed by atoms with Crippen molar-refractivity contribution in [3.63, 3.8) is 0 Å². The summed E-state index contributed by atoms with van der Waals surface area (Å²) >= 11 is 6.19.